The number of aryl methyl sites for hydroxylation is 2. The van der Waals surface area contributed by atoms with Crippen molar-refractivity contribution in [3.63, 3.8) is 0 Å². The van der Waals surface area contributed by atoms with Crippen LogP contribution < -0.4 is 10.2 Å². The topological polar surface area (TPSA) is 66.7 Å². The number of aromatic nitrogens is 2. The maximum Gasteiger partial charge on any atom is 0.270 e. The molecule has 0 saturated heterocycles. The highest BCUT2D eigenvalue weighted by Crippen LogP contribution is 2.19. The van der Waals surface area contributed by atoms with E-state index in [0.29, 0.717) is 37.3 Å². The summed E-state index contributed by atoms with van der Waals surface area (Å²) < 4.78 is 1.82. The van der Waals surface area contributed by atoms with E-state index in [9.17, 15) is 9.59 Å². The lowest BCUT2D eigenvalue weighted by molar-refractivity contribution is -0.118. The van der Waals surface area contributed by atoms with Crippen molar-refractivity contribution in [2.75, 3.05) is 11.4 Å². The van der Waals surface area contributed by atoms with Crippen molar-refractivity contribution in [2.24, 2.45) is 0 Å². The third kappa shape index (κ3) is 5.12. The fourth-order valence-electron chi connectivity index (χ4n) is 3.95. The van der Waals surface area contributed by atoms with Crippen molar-refractivity contribution >= 4 is 23.1 Å². The molecule has 0 saturated carbocycles. The Labute approximate surface area is 193 Å². The Hall–Kier alpha value is -3.93. The zero-order valence-corrected chi connectivity index (χ0v) is 19.0. The highest BCUT2D eigenvalue weighted by molar-refractivity contribution is 5.95. The fraction of sp³-hybridized carbons (Fsp3) is 0.222. The van der Waals surface area contributed by atoms with Crippen molar-refractivity contribution in [2.45, 2.75) is 33.2 Å². The van der Waals surface area contributed by atoms with Crippen LogP contribution >= 0.6 is 0 Å². The molecular formula is C27H28N4O2. The van der Waals surface area contributed by atoms with Crippen molar-refractivity contribution in [3.8, 4) is 0 Å². The number of para-hydroxylation sites is 1. The zero-order chi connectivity index (χ0) is 23.2. The van der Waals surface area contributed by atoms with Gasteiger partial charge in [0.25, 0.3) is 5.91 Å². The zero-order valence-electron chi connectivity index (χ0n) is 19.0. The lowest BCUT2D eigenvalue weighted by Crippen LogP contribution is -2.32. The van der Waals surface area contributed by atoms with Gasteiger partial charge >= 0.3 is 0 Å². The number of nitrogens with one attached hydrogen (secondary N) is 1. The molecule has 0 aliphatic rings. The minimum Gasteiger partial charge on any atom is -0.351 e. The first-order valence-corrected chi connectivity index (χ1v) is 11.2. The Bertz CT molecular complexity index is 1250. The second kappa shape index (κ2) is 10.1. The second-order valence-corrected chi connectivity index (χ2v) is 8.09. The summed E-state index contributed by atoms with van der Waals surface area (Å²) in [5.41, 5.74) is 4.97. The van der Waals surface area contributed by atoms with E-state index < -0.39 is 0 Å². The molecular weight excluding hydrogens is 412 g/mol. The van der Waals surface area contributed by atoms with Gasteiger partial charge in [0, 0.05) is 24.8 Å². The van der Waals surface area contributed by atoms with Crippen molar-refractivity contribution < 1.29 is 9.59 Å². The normalized spacial score (nSPS) is 10.8. The molecule has 0 bridgehead atoms. The van der Waals surface area contributed by atoms with E-state index in [1.807, 2.05) is 97.2 Å². The molecule has 6 nitrogen and oxygen atoms in total. The average molecular weight is 441 g/mol. The highest BCUT2D eigenvalue weighted by Gasteiger charge is 2.18. The summed E-state index contributed by atoms with van der Waals surface area (Å²) in [6.07, 6.45) is 2.74. The molecule has 2 aromatic heterocycles. The van der Waals surface area contributed by atoms with E-state index in [1.54, 1.807) is 4.90 Å². The van der Waals surface area contributed by atoms with Crippen LogP contribution in [0.3, 0.4) is 0 Å². The molecule has 2 heterocycles. The number of anilines is 1. The van der Waals surface area contributed by atoms with Gasteiger partial charge in [0.1, 0.15) is 11.3 Å². The van der Waals surface area contributed by atoms with Gasteiger partial charge in [-0.25, -0.2) is 4.98 Å². The molecule has 1 N–H and O–H groups in total. The van der Waals surface area contributed by atoms with Crippen LogP contribution in [0.4, 0.5) is 5.69 Å². The van der Waals surface area contributed by atoms with Gasteiger partial charge in [-0.05, 0) is 49.6 Å². The van der Waals surface area contributed by atoms with Crippen LogP contribution in [-0.4, -0.2) is 27.7 Å². The minimum absolute atomic E-state index is 0.0286. The largest absolute Gasteiger partial charge is 0.351 e. The molecule has 33 heavy (non-hydrogen) atoms. The molecule has 2 amide bonds. The predicted octanol–water partition coefficient (Wildman–Crippen LogP) is 4.69. The number of hydrogen-bond acceptors (Lipinski definition) is 3. The quantitative estimate of drug-likeness (QED) is 0.404. The van der Waals surface area contributed by atoms with Crippen LogP contribution in [0.5, 0.6) is 0 Å². The van der Waals surface area contributed by atoms with Crippen molar-refractivity contribution in [1.82, 2.24) is 14.7 Å². The van der Waals surface area contributed by atoms with Gasteiger partial charge in [0.2, 0.25) is 5.91 Å². The van der Waals surface area contributed by atoms with Crippen LogP contribution in [-0.2, 0) is 11.3 Å². The lowest BCUT2D eigenvalue weighted by atomic mass is 10.1. The summed E-state index contributed by atoms with van der Waals surface area (Å²) in [5.74, 6) is -0.150. The van der Waals surface area contributed by atoms with Gasteiger partial charge in [0.05, 0.1) is 12.2 Å². The maximum absolute atomic E-state index is 13.1. The maximum atomic E-state index is 13.1. The summed E-state index contributed by atoms with van der Waals surface area (Å²) in [4.78, 5) is 32.2. The van der Waals surface area contributed by atoms with E-state index >= 15 is 0 Å². The number of carbonyl (C=O) groups excluding carboxylic acids is 2. The van der Waals surface area contributed by atoms with E-state index in [0.717, 1.165) is 22.5 Å². The van der Waals surface area contributed by atoms with Gasteiger partial charge in [0.15, 0.2) is 0 Å². The Morgan fingerprint density at radius 2 is 1.64 bits per heavy atom. The van der Waals surface area contributed by atoms with Gasteiger partial charge in [-0.15, -0.1) is 0 Å². The SMILES string of the molecule is Cc1nc2c(C)cccn2c1C(=O)NCCCC(=O)N(Cc1ccccc1)c1ccccc1. The third-order valence-corrected chi connectivity index (χ3v) is 5.64. The molecule has 4 aromatic rings. The Kier molecular flexibility index (Phi) is 6.83. The monoisotopic (exact) mass is 440 g/mol. The summed E-state index contributed by atoms with van der Waals surface area (Å²) in [7, 11) is 0. The number of benzene rings is 2. The standard InChI is InChI=1S/C27H28N4O2/c1-20-11-10-18-30-25(21(2)29-26(20)30)27(33)28-17-9-16-24(32)31(23-14-7-4-8-15-23)19-22-12-5-3-6-13-22/h3-8,10-15,18H,9,16-17,19H2,1-2H3,(H,28,33). The van der Waals surface area contributed by atoms with Gasteiger partial charge < -0.3 is 10.2 Å². The fourth-order valence-corrected chi connectivity index (χ4v) is 3.95. The summed E-state index contributed by atoms with van der Waals surface area (Å²) in [5, 5.41) is 2.95. The van der Waals surface area contributed by atoms with Gasteiger partial charge in [-0.1, -0.05) is 54.6 Å². The number of nitrogens with zero attached hydrogens (tertiary/aromatic N) is 3. The van der Waals surface area contributed by atoms with Crippen LogP contribution in [0.1, 0.15) is 40.2 Å². The number of carbonyl (C=O) groups is 2. The molecule has 0 atom stereocenters. The first-order valence-electron chi connectivity index (χ1n) is 11.2. The number of fused-ring (bicyclic) bond motifs is 1. The van der Waals surface area contributed by atoms with Gasteiger partial charge in [-0.3, -0.25) is 14.0 Å². The van der Waals surface area contributed by atoms with Crippen molar-refractivity contribution in [3.05, 3.63) is 102 Å². The number of imidazole rings is 1. The predicted molar refractivity (Wildman–Crippen MR) is 130 cm³/mol. The van der Waals surface area contributed by atoms with Crippen molar-refractivity contribution in [1.29, 1.82) is 0 Å². The number of pyridine rings is 1. The summed E-state index contributed by atoms with van der Waals surface area (Å²) in [6, 6.07) is 23.5. The first kappa shape index (κ1) is 22.3. The Morgan fingerprint density at radius 1 is 0.939 bits per heavy atom. The molecule has 0 radical (unpaired) electrons. The smallest absolute Gasteiger partial charge is 0.270 e. The first-order chi connectivity index (χ1) is 16.0. The number of rotatable bonds is 8. The third-order valence-electron chi connectivity index (χ3n) is 5.64. The molecule has 0 fully saturated rings. The average Bonchev–Trinajstić information content (AvgIpc) is 3.18. The molecule has 6 heteroatoms. The molecule has 4 rings (SSSR count). The molecule has 0 unspecified atom stereocenters. The van der Waals surface area contributed by atoms with E-state index in [-0.39, 0.29) is 11.8 Å². The second-order valence-electron chi connectivity index (χ2n) is 8.09. The van der Waals surface area contributed by atoms with E-state index in [1.165, 1.54) is 0 Å². The van der Waals surface area contributed by atoms with Crippen LogP contribution in [0.2, 0.25) is 0 Å². The lowest BCUT2D eigenvalue weighted by Gasteiger charge is -2.23. The van der Waals surface area contributed by atoms with Crippen LogP contribution in [0, 0.1) is 13.8 Å². The molecule has 0 spiro atoms. The minimum atomic E-state index is -0.178. The molecule has 168 valence electrons. The molecule has 0 aliphatic carbocycles. The highest BCUT2D eigenvalue weighted by atomic mass is 16.2. The van der Waals surface area contributed by atoms with E-state index in [2.05, 4.69) is 10.3 Å². The Morgan fingerprint density at radius 3 is 2.36 bits per heavy atom. The number of amides is 2. The Balaban J connectivity index is 1.38. The summed E-state index contributed by atoms with van der Waals surface area (Å²) in [6.45, 7) is 4.74. The van der Waals surface area contributed by atoms with Gasteiger partial charge in [-0.2, -0.15) is 0 Å². The van der Waals surface area contributed by atoms with E-state index in [4.69, 9.17) is 0 Å². The van der Waals surface area contributed by atoms with Crippen LogP contribution in [0.15, 0.2) is 79.0 Å². The number of hydrogen-bond donors (Lipinski definition) is 1. The molecule has 0 aliphatic heterocycles. The summed E-state index contributed by atoms with van der Waals surface area (Å²) >= 11 is 0. The van der Waals surface area contributed by atoms with Crippen LogP contribution in [0.25, 0.3) is 5.65 Å². The molecule has 2 aromatic carbocycles.